The lowest BCUT2D eigenvalue weighted by molar-refractivity contribution is 0.0695. The Morgan fingerprint density at radius 3 is 2.25 bits per heavy atom. The van der Waals surface area contributed by atoms with Crippen LogP contribution in [0, 0.1) is 0 Å². The first-order valence-corrected chi connectivity index (χ1v) is 6.53. The second-order valence-electron chi connectivity index (χ2n) is 5.08. The molecule has 0 spiro atoms. The van der Waals surface area contributed by atoms with Crippen molar-refractivity contribution in [3.05, 3.63) is 41.6 Å². The van der Waals surface area contributed by atoms with Crippen LogP contribution in [0.4, 0.5) is 0 Å². The van der Waals surface area contributed by atoms with E-state index in [9.17, 15) is 9.90 Å². The van der Waals surface area contributed by atoms with Gasteiger partial charge < -0.3 is 14.4 Å². The summed E-state index contributed by atoms with van der Waals surface area (Å²) >= 11 is 0. The van der Waals surface area contributed by atoms with Crippen LogP contribution in [-0.2, 0) is 7.05 Å². The van der Waals surface area contributed by atoms with Crippen molar-refractivity contribution >= 4 is 5.97 Å². The van der Waals surface area contributed by atoms with Crippen molar-refractivity contribution in [2.24, 2.45) is 7.05 Å². The minimum atomic E-state index is -0.885. The number of benzene rings is 1. The first-order valence-electron chi connectivity index (χ1n) is 6.53. The Morgan fingerprint density at radius 2 is 1.85 bits per heavy atom. The SMILES string of the molecule is COc1ccc(-c2cc(C(=O)O)c(C(C)C)n2C)cc1. The van der Waals surface area contributed by atoms with Crippen LogP contribution in [-0.4, -0.2) is 22.8 Å². The first-order chi connectivity index (χ1) is 9.45. The van der Waals surface area contributed by atoms with Crippen LogP contribution in [0.2, 0.25) is 0 Å². The van der Waals surface area contributed by atoms with Gasteiger partial charge in [0.15, 0.2) is 0 Å². The average Bonchev–Trinajstić information content (AvgIpc) is 2.77. The lowest BCUT2D eigenvalue weighted by Crippen LogP contribution is -2.06. The summed E-state index contributed by atoms with van der Waals surface area (Å²) in [5, 5.41) is 9.35. The molecule has 106 valence electrons. The zero-order valence-corrected chi connectivity index (χ0v) is 12.2. The van der Waals surface area contributed by atoms with E-state index in [1.165, 1.54) is 0 Å². The summed E-state index contributed by atoms with van der Waals surface area (Å²) in [6.45, 7) is 4.00. The van der Waals surface area contributed by atoms with E-state index in [1.807, 2.05) is 49.7 Å². The van der Waals surface area contributed by atoms with Crippen molar-refractivity contribution in [3.8, 4) is 17.0 Å². The molecule has 2 rings (SSSR count). The van der Waals surface area contributed by atoms with Crippen molar-refractivity contribution in [2.45, 2.75) is 19.8 Å². The van der Waals surface area contributed by atoms with Gasteiger partial charge in [-0.2, -0.15) is 0 Å². The van der Waals surface area contributed by atoms with E-state index in [1.54, 1.807) is 13.2 Å². The minimum absolute atomic E-state index is 0.151. The normalized spacial score (nSPS) is 10.8. The molecule has 20 heavy (non-hydrogen) atoms. The predicted molar refractivity (Wildman–Crippen MR) is 78.4 cm³/mol. The third-order valence-corrected chi connectivity index (χ3v) is 3.44. The molecule has 0 saturated heterocycles. The number of methoxy groups -OCH3 is 1. The smallest absolute Gasteiger partial charge is 0.337 e. The van der Waals surface area contributed by atoms with Crippen molar-refractivity contribution < 1.29 is 14.6 Å². The summed E-state index contributed by atoms with van der Waals surface area (Å²) in [5.41, 5.74) is 3.08. The van der Waals surface area contributed by atoms with Gasteiger partial charge in [-0.3, -0.25) is 0 Å². The molecule has 4 nitrogen and oxygen atoms in total. The van der Waals surface area contributed by atoms with E-state index in [0.717, 1.165) is 22.7 Å². The van der Waals surface area contributed by atoms with Crippen LogP contribution in [0.3, 0.4) is 0 Å². The number of aromatic nitrogens is 1. The highest BCUT2D eigenvalue weighted by Gasteiger charge is 2.20. The molecule has 0 aliphatic heterocycles. The van der Waals surface area contributed by atoms with E-state index < -0.39 is 5.97 Å². The second kappa shape index (κ2) is 5.41. The number of rotatable bonds is 4. The molecule has 0 fully saturated rings. The molecule has 0 aliphatic rings. The molecule has 0 bridgehead atoms. The Hall–Kier alpha value is -2.23. The summed E-state index contributed by atoms with van der Waals surface area (Å²) in [5.74, 6) is 0.0488. The molecule has 0 atom stereocenters. The van der Waals surface area contributed by atoms with Gasteiger partial charge in [0.25, 0.3) is 0 Å². The summed E-state index contributed by atoms with van der Waals surface area (Å²) in [4.78, 5) is 11.4. The van der Waals surface area contributed by atoms with Crippen LogP contribution >= 0.6 is 0 Å². The third kappa shape index (κ3) is 2.41. The fourth-order valence-corrected chi connectivity index (χ4v) is 2.53. The van der Waals surface area contributed by atoms with Crippen molar-refractivity contribution in [1.29, 1.82) is 0 Å². The second-order valence-corrected chi connectivity index (χ2v) is 5.08. The Balaban J connectivity index is 2.56. The van der Waals surface area contributed by atoms with Crippen LogP contribution < -0.4 is 4.74 Å². The summed E-state index contributed by atoms with van der Waals surface area (Å²) in [6, 6.07) is 9.35. The Labute approximate surface area is 118 Å². The molecule has 0 aliphatic carbocycles. The Kier molecular flexibility index (Phi) is 3.84. The average molecular weight is 273 g/mol. The Morgan fingerprint density at radius 1 is 1.25 bits per heavy atom. The van der Waals surface area contributed by atoms with E-state index in [4.69, 9.17) is 4.74 Å². The molecule has 1 aromatic carbocycles. The van der Waals surface area contributed by atoms with Gasteiger partial charge in [0.2, 0.25) is 0 Å². The highest BCUT2D eigenvalue weighted by atomic mass is 16.5. The number of carboxylic acids is 1. The van der Waals surface area contributed by atoms with Crippen molar-refractivity contribution in [3.63, 3.8) is 0 Å². The van der Waals surface area contributed by atoms with E-state index in [2.05, 4.69) is 0 Å². The fraction of sp³-hybridized carbons (Fsp3) is 0.312. The highest BCUT2D eigenvalue weighted by molar-refractivity contribution is 5.91. The van der Waals surface area contributed by atoms with Gasteiger partial charge in [0.1, 0.15) is 5.75 Å². The van der Waals surface area contributed by atoms with E-state index in [0.29, 0.717) is 5.56 Å². The summed E-state index contributed by atoms with van der Waals surface area (Å²) in [6.07, 6.45) is 0. The predicted octanol–water partition coefficient (Wildman–Crippen LogP) is 3.52. The van der Waals surface area contributed by atoms with Gasteiger partial charge in [-0.1, -0.05) is 13.8 Å². The molecule has 0 unspecified atom stereocenters. The lowest BCUT2D eigenvalue weighted by Gasteiger charge is -2.11. The maximum Gasteiger partial charge on any atom is 0.337 e. The molecule has 0 radical (unpaired) electrons. The zero-order chi connectivity index (χ0) is 14.9. The van der Waals surface area contributed by atoms with Gasteiger partial charge >= 0.3 is 5.97 Å². The Bertz CT molecular complexity index is 624. The molecule has 1 aromatic heterocycles. The number of nitrogens with zero attached hydrogens (tertiary/aromatic N) is 1. The maximum atomic E-state index is 11.4. The molecule has 0 saturated carbocycles. The van der Waals surface area contributed by atoms with Gasteiger partial charge in [-0.25, -0.2) is 4.79 Å². The number of hydrogen-bond acceptors (Lipinski definition) is 2. The molecular weight excluding hydrogens is 254 g/mol. The number of carbonyl (C=O) groups is 1. The van der Waals surface area contributed by atoms with Gasteiger partial charge in [0, 0.05) is 18.4 Å². The number of hydrogen-bond donors (Lipinski definition) is 1. The van der Waals surface area contributed by atoms with Gasteiger partial charge in [-0.05, 0) is 41.8 Å². The van der Waals surface area contributed by atoms with Crippen molar-refractivity contribution in [1.82, 2.24) is 4.57 Å². The summed E-state index contributed by atoms with van der Waals surface area (Å²) < 4.78 is 7.09. The molecule has 1 N–H and O–H groups in total. The van der Waals surface area contributed by atoms with Gasteiger partial charge in [-0.15, -0.1) is 0 Å². The first kappa shape index (κ1) is 14.2. The van der Waals surface area contributed by atoms with Crippen LogP contribution in [0.1, 0.15) is 35.8 Å². The molecular formula is C16H19NO3. The number of ether oxygens (including phenoxy) is 1. The zero-order valence-electron chi connectivity index (χ0n) is 12.2. The largest absolute Gasteiger partial charge is 0.497 e. The maximum absolute atomic E-state index is 11.4. The van der Waals surface area contributed by atoms with E-state index in [-0.39, 0.29) is 5.92 Å². The number of aromatic carboxylic acids is 1. The number of carboxylic acid groups (broad SMARTS) is 1. The topological polar surface area (TPSA) is 51.5 Å². The summed E-state index contributed by atoms with van der Waals surface area (Å²) in [7, 11) is 3.53. The van der Waals surface area contributed by atoms with E-state index >= 15 is 0 Å². The standard InChI is InChI=1S/C16H19NO3/c1-10(2)15-13(16(18)19)9-14(17(15)3)11-5-7-12(20-4)8-6-11/h5-10H,1-4H3,(H,18,19). The van der Waals surface area contributed by atoms with Crippen LogP contribution in [0.25, 0.3) is 11.3 Å². The van der Waals surface area contributed by atoms with Crippen LogP contribution in [0.15, 0.2) is 30.3 Å². The lowest BCUT2D eigenvalue weighted by atomic mass is 10.1. The van der Waals surface area contributed by atoms with Crippen LogP contribution in [0.5, 0.6) is 5.75 Å². The van der Waals surface area contributed by atoms with Crippen molar-refractivity contribution in [2.75, 3.05) is 7.11 Å². The highest BCUT2D eigenvalue weighted by Crippen LogP contribution is 2.30. The van der Waals surface area contributed by atoms with Gasteiger partial charge in [0.05, 0.1) is 12.7 Å². The molecule has 4 heteroatoms. The quantitative estimate of drug-likeness (QED) is 0.927. The fourth-order valence-electron chi connectivity index (χ4n) is 2.53. The third-order valence-electron chi connectivity index (χ3n) is 3.44. The molecule has 0 amide bonds. The molecule has 2 aromatic rings. The minimum Gasteiger partial charge on any atom is -0.497 e. The monoisotopic (exact) mass is 273 g/mol. The molecule has 1 heterocycles.